The van der Waals surface area contributed by atoms with E-state index in [4.69, 9.17) is 15.0 Å². The highest BCUT2D eigenvalue weighted by Crippen LogP contribution is 2.33. The van der Waals surface area contributed by atoms with E-state index in [9.17, 15) is 0 Å². The van der Waals surface area contributed by atoms with E-state index < -0.39 is 0 Å². The second kappa shape index (κ2) is 6.07. The largest absolute Gasteiger partial charge is 0.378 e. The number of rotatable bonds is 3. The molecule has 2 N–H and O–H groups in total. The zero-order valence-corrected chi connectivity index (χ0v) is 12.8. The number of ether oxygens (including phenoxy) is 1. The van der Waals surface area contributed by atoms with Crippen LogP contribution in [-0.2, 0) is 4.74 Å². The first kappa shape index (κ1) is 14.3. The van der Waals surface area contributed by atoms with E-state index in [-0.39, 0.29) is 5.95 Å². The number of morpholine rings is 1. The first-order valence-electron chi connectivity index (χ1n) is 7.98. The third kappa shape index (κ3) is 2.96. The molecule has 9 heteroatoms. The van der Waals surface area contributed by atoms with Gasteiger partial charge in [-0.05, 0) is 12.8 Å². The van der Waals surface area contributed by atoms with Gasteiger partial charge in [0.2, 0.25) is 17.7 Å². The lowest BCUT2D eigenvalue weighted by Crippen LogP contribution is -2.37. The quantitative estimate of drug-likeness (QED) is 0.884. The Bertz CT molecular complexity index is 678. The molecule has 2 aromatic rings. The number of hydrogen-bond acceptors (Lipinski definition) is 9. The molecule has 1 aliphatic heterocycles. The lowest BCUT2D eigenvalue weighted by Gasteiger charge is -2.26. The summed E-state index contributed by atoms with van der Waals surface area (Å²) >= 11 is 0. The van der Waals surface area contributed by atoms with Crippen LogP contribution in [0.2, 0.25) is 0 Å². The summed E-state index contributed by atoms with van der Waals surface area (Å²) < 4.78 is 10.7. The molecule has 0 unspecified atom stereocenters. The van der Waals surface area contributed by atoms with Crippen LogP contribution >= 0.6 is 0 Å². The number of aromatic nitrogens is 5. The van der Waals surface area contributed by atoms with Crippen LogP contribution in [0.1, 0.15) is 37.4 Å². The minimum atomic E-state index is 0.150. The molecule has 0 amide bonds. The van der Waals surface area contributed by atoms with Crippen LogP contribution in [0.3, 0.4) is 0 Å². The molecule has 3 heterocycles. The van der Waals surface area contributed by atoms with Gasteiger partial charge in [0.25, 0.3) is 5.89 Å². The summed E-state index contributed by atoms with van der Waals surface area (Å²) in [4.78, 5) is 19.3. The summed E-state index contributed by atoms with van der Waals surface area (Å²) in [6.07, 6.45) is 4.65. The number of nitrogens with zero attached hydrogens (tertiary/aromatic N) is 6. The SMILES string of the molecule is Nc1nc(-c2nc(C3CCCC3)no2)nc(N2CCOCC2)n1. The van der Waals surface area contributed by atoms with Crippen molar-refractivity contribution >= 4 is 11.9 Å². The lowest BCUT2D eigenvalue weighted by molar-refractivity contribution is 0.122. The highest BCUT2D eigenvalue weighted by Gasteiger charge is 2.24. The number of anilines is 2. The third-order valence-electron chi connectivity index (χ3n) is 4.29. The number of nitrogens with two attached hydrogens (primary N) is 1. The molecule has 9 nitrogen and oxygen atoms in total. The standard InChI is InChI=1S/C14H19N7O2/c15-13-17-11(18-14(19-13)21-5-7-22-8-6-21)12-16-10(20-23-12)9-3-1-2-4-9/h9H,1-8H2,(H2,15,17,18,19). The molecule has 2 aliphatic rings. The highest BCUT2D eigenvalue weighted by atomic mass is 16.5. The van der Waals surface area contributed by atoms with Crippen molar-refractivity contribution in [3.8, 4) is 11.7 Å². The normalized spacial score (nSPS) is 19.4. The van der Waals surface area contributed by atoms with Gasteiger partial charge in [-0.3, -0.25) is 0 Å². The molecule has 122 valence electrons. The Labute approximate surface area is 133 Å². The van der Waals surface area contributed by atoms with Gasteiger partial charge in [-0.15, -0.1) is 0 Å². The summed E-state index contributed by atoms with van der Waals surface area (Å²) in [6, 6.07) is 0. The van der Waals surface area contributed by atoms with Crippen molar-refractivity contribution in [3.63, 3.8) is 0 Å². The van der Waals surface area contributed by atoms with E-state index in [1.54, 1.807) is 0 Å². The van der Waals surface area contributed by atoms with Crippen LogP contribution in [0.25, 0.3) is 11.7 Å². The van der Waals surface area contributed by atoms with E-state index >= 15 is 0 Å². The zero-order valence-electron chi connectivity index (χ0n) is 12.8. The van der Waals surface area contributed by atoms with Crippen molar-refractivity contribution in [2.24, 2.45) is 0 Å². The van der Waals surface area contributed by atoms with Gasteiger partial charge < -0.3 is 19.9 Å². The summed E-state index contributed by atoms with van der Waals surface area (Å²) in [5.74, 6) is 2.43. The maximum atomic E-state index is 5.82. The molecule has 1 aliphatic carbocycles. The van der Waals surface area contributed by atoms with Gasteiger partial charge in [0.15, 0.2) is 5.82 Å². The topological polar surface area (TPSA) is 116 Å². The predicted octanol–water partition coefficient (Wildman–Crippen LogP) is 0.998. The van der Waals surface area contributed by atoms with Crippen molar-refractivity contribution in [2.75, 3.05) is 36.9 Å². The minimum Gasteiger partial charge on any atom is -0.378 e. The fourth-order valence-corrected chi connectivity index (χ4v) is 3.06. The van der Waals surface area contributed by atoms with Crippen molar-refractivity contribution in [1.29, 1.82) is 0 Å². The van der Waals surface area contributed by atoms with Crippen LogP contribution < -0.4 is 10.6 Å². The van der Waals surface area contributed by atoms with E-state index in [0.717, 1.165) is 31.8 Å². The second-order valence-corrected chi connectivity index (χ2v) is 5.86. The first-order chi connectivity index (χ1) is 11.3. The molecular formula is C14H19N7O2. The van der Waals surface area contributed by atoms with Gasteiger partial charge in [0.05, 0.1) is 13.2 Å². The van der Waals surface area contributed by atoms with Gasteiger partial charge in [-0.2, -0.15) is 19.9 Å². The Morgan fingerprint density at radius 3 is 2.57 bits per heavy atom. The Morgan fingerprint density at radius 2 is 1.78 bits per heavy atom. The average Bonchev–Trinajstić information content (AvgIpc) is 3.26. The van der Waals surface area contributed by atoms with Crippen LogP contribution in [-0.4, -0.2) is 51.4 Å². The Morgan fingerprint density at radius 1 is 1.00 bits per heavy atom. The van der Waals surface area contributed by atoms with Crippen LogP contribution in [0.15, 0.2) is 4.52 Å². The van der Waals surface area contributed by atoms with Crippen LogP contribution in [0, 0.1) is 0 Å². The van der Waals surface area contributed by atoms with Crippen LogP contribution in [0.4, 0.5) is 11.9 Å². The van der Waals surface area contributed by atoms with Crippen molar-refractivity contribution in [3.05, 3.63) is 5.82 Å². The molecule has 0 bridgehead atoms. The van der Waals surface area contributed by atoms with Gasteiger partial charge in [0, 0.05) is 19.0 Å². The van der Waals surface area contributed by atoms with E-state index in [2.05, 4.69) is 25.1 Å². The number of nitrogen functional groups attached to an aromatic ring is 1. The van der Waals surface area contributed by atoms with Gasteiger partial charge in [-0.25, -0.2) is 0 Å². The molecule has 1 saturated heterocycles. The molecular weight excluding hydrogens is 298 g/mol. The molecule has 2 aromatic heterocycles. The Balaban J connectivity index is 1.61. The van der Waals surface area contributed by atoms with Crippen molar-refractivity contribution < 1.29 is 9.26 Å². The van der Waals surface area contributed by atoms with Gasteiger partial charge in [-0.1, -0.05) is 18.0 Å². The monoisotopic (exact) mass is 317 g/mol. The maximum absolute atomic E-state index is 5.82. The zero-order chi connectivity index (χ0) is 15.6. The lowest BCUT2D eigenvalue weighted by atomic mass is 10.1. The Kier molecular flexibility index (Phi) is 3.78. The van der Waals surface area contributed by atoms with E-state index in [1.165, 1.54) is 12.8 Å². The smallest absolute Gasteiger partial charge is 0.295 e. The van der Waals surface area contributed by atoms with Gasteiger partial charge >= 0.3 is 0 Å². The molecule has 0 aromatic carbocycles. The fourth-order valence-electron chi connectivity index (χ4n) is 3.06. The van der Waals surface area contributed by atoms with Crippen LogP contribution in [0.5, 0.6) is 0 Å². The first-order valence-corrected chi connectivity index (χ1v) is 7.98. The molecule has 23 heavy (non-hydrogen) atoms. The Hall–Kier alpha value is -2.29. The highest BCUT2D eigenvalue weighted by molar-refractivity contribution is 5.47. The molecule has 0 radical (unpaired) electrons. The van der Waals surface area contributed by atoms with E-state index in [0.29, 0.717) is 36.8 Å². The molecule has 0 spiro atoms. The molecule has 4 rings (SSSR count). The van der Waals surface area contributed by atoms with E-state index in [1.807, 2.05) is 4.90 Å². The maximum Gasteiger partial charge on any atom is 0.295 e. The van der Waals surface area contributed by atoms with Gasteiger partial charge in [0.1, 0.15) is 0 Å². The van der Waals surface area contributed by atoms with Crippen molar-refractivity contribution in [2.45, 2.75) is 31.6 Å². The summed E-state index contributed by atoms with van der Waals surface area (Å²) in [6.45, 7) is 2.74. The molecule has 0 atom stereocenters. The van der Waals surface area contributed by atoms with Crippen molar-refractivity contribution in [1.82, 2.24) is 25.1 Å². The number of hydrogen-bond donors (Lipinski definition) is 1. The fraction of sp³-hybridized carbons (Fsp3) is 0.643. The molecule has 1 saturated carbocycles. The third-order valence-corrected chi connectivity index (χ3v) is 4.29. The second-order valence-electron chi connectivity index (χ2n) is 5.86. The summed E-state index contributed by atoms with van der Waals surface area (Å²) in [7, 11) is 0. The average molecular weight is 317 g/mol. The summed E-state index contributed by atoms with van der Waals surface area (Å²) in [5, 5.41) is 4.09. The minimum absolute atomic E-state index is 0.150. The molecule has 2 fully saturated rings. The predicted molar refractivity (Wildman–Crippen MR) is 81.8 cm³/mol. The summed E-state index contributed by atoms with van der Waals surface area (Å²) in [5.41, 5.74) is 5.82.